The number of anilines is 2. The lowest BCUT2D eigenvalue weighted by Gasteiger charge is -2.19. The summed E-state index contributed by atoms with van der Waals surface area (Å²) < 4.78 is 36.0. The molecule has 1 fully saturated rings. The fourth-order valence-corrected chi connectivity index (χ4v) is 5.04. The molecule has 0 aromatic heterocycles. The van der Waals surface area contributed by atoms with Crippen LogP contribution in [0.15, 0.2) is 36.4 Å². The Morgan fingerprint density at radius 1 is 1.07 bits per heavy atom. The van der Waals surface area contributed by atoms with E-state index in [1.807, 2.05) is 0 Å². The highest BCUT2D eigenvalue weighted by molar-refractivity contribution is 7.93. The lowest BCUT2D eigenvalue weighted by Crippen LogP contribution is -2.35. The number of nitrogens with one attached hydrogen (secondary N) is 2. The van der Waals surface area contributed by atoms with Crippen LogP contribution in [0.5, 0.6) is 11.5 Å². The van der Waals surface area contributed by atoms with Gasteiger partial charge in [0.15, 0.2) is 11.5 Å². The van der Waals surface area contributed by atoms with Crippen molar-refractivity contribution in [3.8, 4) is 11.5 Å². The number of ether oxygens (including phenoxy) is 2. The average molecular weight is 452 g/mol. The first-order chi connectivity index (χ1) is 14.3. The fraction of sp³-hybridized carbons (Fsp3) is 0.263. The van der Waals surface area contributed by atoms with Crippen LogP contribution in [0.25, 0.3) is 0 Å². The number of carbonyl (C=O) groups is 2. The smallest absolute Gasteiger partial charge is 0.313 e. The van der Waals surface area contributed by atoms with Gasteiger partial charge in [-0.1, -0.05) is 17.7 Å². The summed E-state index contributed by atoms with van der Waals surface area (Å²) >= 11 is 6.14. The lowest BCUT2D eigenvalue weighted by molar-refractivity contribution is -0.136. The number of carbonyl (C=O) groups excluding carboxylic acids is 2. The molecule has 0 saturated carbocycles. The van der Waals surface area contributed by atoms with Gasteiger partial charge in [0.1, 0.15) is 0 Å². The second kappa shape index (κ2) is 8.04. The second-order valence-corrected chi connectivity index (χ2v) is 9.15. The first kappa shape index (κ1) is 20.3. The normalized spacial score (nSPS) is 16.4. The molecule has 2 amide bonds. The summed E-state index contributed by atoms with van der Waals surface area (Å²) in [5.41, 5.74) is 1.28. The van der Waals surface area contributed by atoms with Crippen LogP contribution < -0.4 is 24.4 Å². The third-order valence-corrected chi connectivity index (χ3v) is 6.84. The molecule has 2 aliphatic heterocycles. The molecule has 2 N–H and O–H groups in total. The minimum Gasteiger partial charge on any atom is -0.454 e. The van der Waals surface area contributed by atoms with Crippen molar-refractivity contribution in [2.45, 2.75) is 13.0 Å². The van der Waals surface area contributed by atoms with Crippen LogP contribution in [-0.2, 0) is 26.2 Å². The summed E-state index contributed by atoms with van der Waals surface area (Å²) in [6.07, 6.45) is 0.498. The Balaban J connectivity index is 1.40. The first-order valence-corrected chi connectivity index (χ1v) is 11.1. The molecular formula is C19H18ClN3O6S. The number of hydrogen-bond acceptors (Lipinski definition) is 6. The van der Waals surface area contributed by atoms with Gasteiger partial charge in [-0.2, -0.15) is 0 Å². The number of sulfonamides is 1. The Bertz CT molecular complexity index is 1120. The van der Waals surface area contributed by atoms with Crippen molar-refractivity contribution < 1.29 is 27.5 Å². The molecule has 11 heteroatoms. The second-order valence-electron chi connectivity index (χ2n) is 6.73. The van der Waals surface area contributed by atoms with Gasteiger partial charge >= 0.3 is 11.8 Å². The van der Waals surface area contributed by atoms with Crippen molar-refractivity contribution in [2.24, 2.45) is 0 Å². The molecule has 2 aromatic rings. The van der Waals surface area contributed by atoms with Gasteiger partial charge < -0.3 is 20.1 Å². The summed E-state index contributed by atoms with van der Waals surface area (Å²) in [5.74, 6) is -0.466. The molecule has 0 bridgehead atoms. The zero-order valence-electron chi connectivity index (χ0n) is 15.7. The van der Waals surface area contributed by atoms with Crippen molar-refractivity contribution in [2.75, 3.05) is 28.7 Å². The summed E-state index contributed by atoms with van der Waals surface area (Å²) in [4.78, 5) is 24.4. The molecule has 0 radical (unpaired) electrons. The standard InChI is InChI=1S/C19H18ClN3O6S/c20-14-4-3-13(9-15(14)23-6-1-7-30(23,26)27)22-19(25)18(24)21-10-12-2-5-16-17(8-12)29-11-28-16/h2-5,8-9H,1,6-7,10-11H2,(H,21,24)(H,22,25). The molecular weight excluding hydrogens is 434 g/mol. The SMILES string of the molecule is O=C(NCc1ccc2c(c1)OCO2)C(=O)Nc1ccc(Cl)c(N2CCCS2(=O)=O)c1. The monoisotopic (exact) mass is 451 g/mol. The van der Waals surface area contributed by atoms with Crippen molar-refractivity contribution in [3.05, 3.63) is 47.0 Å². The number of benzene rings is 2. The number of fused-ring (bicyclic) bond motifs is 1. The van der Waals surface area contributed by atoms with Gasteiger partial charge in [0.05, 0.1) is 16.5 Å². The maximum absolute atomic E-state index is 12.2. The van der Waals surface area contributed by atoms with E-state index in [1.54, 1.807) is 18.2 Å². The van der Waals surface area contributed by atoms with Crippen LogP contribution >= 0.6 is 11.6 Å². The third-order valence-electron chi connectivity index (χ3n) is 4.67. The average Bonchev–Trinajstić information content (AvgIpc) is 3.32. The molecule has 2 aliphatic rings. The number of rotatable bonds is 4. The largest absolute Gasteiger partial charge is 0.454 e. The van der Waals surface area contributed by atoms with E-state index in [0.717, 1.165) is 5.56 Å². The number of nitrogens with zero attached hydrogens (tertiary/aromatic N) is 1. The van der Waals surface area contributed by atoms with E-state index in [0.29, 0.717) is 24.5 Å². The van der Waals surface area contributed by atoms with Gasteiger partial charge in [0.25, 0.3) is 0 Å². The van der Waals surface area contributed by atoms with Crippen molar-refractivity contribution in [1.29, 1.82) is 0 Å². The van der Waals surface area contributed by atoms with Crippen LogP contribution in [0.3, 0.4) is 0 Å². The van der Waals surface area contributed by atoms with Crippen LogP contribution in [0, 0.1) is 0 Å². The lowest BCUT2D eigenvalue weighted by atomic mass is 10.2. The number of halogens is 1. The molecule has 0 spiro atoms. The highest BCUT2D eigenvalue weighted by Crippen LogP contribution is 2.34. The van der Waals surface area contributed by atoms with Gasteiger partial charge in [-0.25, -0.2) is 8.42 Å². The molecule has 9 nitrogen and oxygen atoms in total. The van der Waals surface area contributed by atoms with Gasteiger partial charge in [-0.05, 0) is 42.3 Å². The van der Waals surface area contributed by atoms with Crippen molar-refractivity contribution >= 4 is 44.8 Å². The fourth-order valence-electron chi connectivity index (χ4n) is 3.19. The van der Waals surface area contributed by atoms with E-state index < -0.39 is 21.8 Å². The summed E-state index contributed by atoms with van der Waals surface area (Å²) in [6.45, 7) is 0.589. The molecule has 158 valence electrons. The van der Waals surface area contributed by atoms with E-state index in [2.05, 4.69) is 10.6 Å². The Morgan fingerprint density at radius 2 is 1.87 bits per heavy atom. The van der Waals surface area contributed by atoms with Gasteiger partial charge in [-0.3, -0.25) is 13.9 Å². The minimum atomic E-state index is -3.43. The van der Waals surface area contributed by atoms with Crippen molar-refractivity contribution in [3.63, 3.8) is 0 Å². The minimum absolute atomic E-state index is 0.0438. The van der Waals surface area contributed by atoms with E-state index in [1.165, 1.54) is 22.5 Å². The quantitative estimate of drug-likeness (QED) is 0.686. The molecule has 0 unspecified atom stereocenters. The Hall–Kier alpha value is -2.98. The predicted molar refractivity (Wildman–Crippen MR) is 110 cm³/mol. The summed E-state index contributed by atoms with van der Waals surface area (Å²) in [6, 6.07) is 9.62. The third kappa shape index (κ3) is 4.14. The number of hydrogen-bond donors (Lipinski definition) is 2. The van der Waals surface area contributed by atoms with Crippen LogP contribution in [0.2, 0.25) is 5.02 Å². The molecule has 1 saturated heterocycles. The zero-order chi connectivity index (χ0) is 21.3. The highest BCUT2D eigenvalue weighted by atomic mass is 35.5. The molecule has 2 aromatic carbocycles. The van der Waals surface area contributed by atoms with Gasteiger partial charge in [0.2, 0.25) is 16.8 Å². The maximum atomic E-state index is 12.2. The van der Waals surface area contributed by atoms with Crippen LogP contribution in [0.4, 0.5) is 11.4 Å². The predicted octanol–water partition coefficient (Wildman–Crippen LogP) is 1.86. The molecule has 0 aliphatic carbocycles. The molecule has 2 heterocycles. The molecule has 4 rings (SSSR count). The van der Waals surface area contributed by atoms with Gasteiger partial charge in [-0.15, -0.1) is 0 Å². The molecule has 30 heavy (non-hydrogen) atoms. The van der Waals surface area contributed by atoms with Crippen LogP contribution in [-0.4, -0.2) is 39.3 Å². The topological polar surface area (TPSA) is 114 Å². The number of amides is 2. The first-order valence-electron chi connectivity index (χ1n) is 9.11. The van der Waals surface area contributed by atoms with E-state index >= 15 is 0 Å². The Kier molecular flexibility index (Phi) is 5.44. The van der Waals surface area contributed by atoms with Crippen molar-refractivity contribution in [1.82, 2.24) is 5.32 Å². The van der Waals surface area contributed by atoms with E-state index in [9.17, 15) is 18.0 Å². The van der Waals surface area contributed by atoms with E-state index in [-0.39, 0.29) is 35.5 Å². The maximum Gasteiger partial charge on any atom is 0.313 e. The van der Waals surface area contributed by atoms with Gasteiger partial charge in [0, 0.05) is 18.8 Å². The highest BCUT2D eigenvalue weighted by Gasteiger charge is 2.30. The Labute approximate surface area is 178 Å². The summed E-state index contributed by atoms with van der Waals surface area (Å²) in [7, 11) is -3.43. The molecule has 0 atom stereocenters. The zero-order valence-corrected chi connectivity index (χ0v) is 17.3. The summed E-state index contributed by atoms with van der Waals surface area (Å²) in [5, 5.41) is 5.23. The Morgan fingerprint density at radius 3 is 2.63 bits per heavy atom. The van der Waals surface area contributed by atoms with Crippen LogP contribution in [0.1, 0.15) is 12.0 Å². The van der Waals surface area contributed by atoms with E-state index in [4.69, 9.17) is 21.1 Å².